The van der Waals surface area contributed by atoms with Crippen LogP contribution in [0.15, 0.2) is 108 Å². The average molecular weight is 687 g/mol. The van der Waals surface area contributed by atoms with Crippen LogP contribution in [-0.4, -0.2) is 43.8 Å². The topological polar surface area (TPSA) is 86.8 Å². The number of nitrogens with one attached hydrogen (secondary N) is 1. The molecule has 0 heterocycles. The predicted molar refractivity (Wildman–Crippen MR) is 181 cm³/mol. The Bertz CT molecular complexity index is 1720. The molecule has 0 fully saturated rings. The Balaban J connectivity index is 1.82. The Kier molecular flexibility index (Phi) is 11.9. The summed E-state index contributed by atoms with van der Waals surface area (Å²) in [6, 6.07) is 27.4. The summed E-state index contributed by atoms with van der Waals surface area (Å²) in [6.07, 6.45) is 0.889. The highest BCUT2D eigenvalue weighted by Gasteiger charge is 2.35. The number of carbonyl (C=O) groups excluding carboxylic acids is 2. The number of sulfonamides is 1. The van der Waals surface area contributed by atoms with Crippen LogP contribution >= 0.6 is 34.8 Å². The molecule has 4 aromatic rings. The lowest BCUT2D eigenvalue weighted by Crippen LogP contribution is -2.54. The maximum atomic E-state index is 14.5. The van der Waals surface area contributed by atoms with Gasteiger partial charge < -0.3 is 10.2 Å². The fourth-order valence-electron chi connectivity index (χ4n) is 4.72. The number of carbonyl (C=O) groups is 2. The van der Waals surface area contributed by atoms with E-state index in [0.717, 1.165) is 9.87 Å². The molecule has 45 heavy (non-hydrogen) atoms. The molecule has 0 saturated heterocycles. The molecular formula is C34H34Cl3N3O4S. The minimum Gasteiger partial charge on any atom is -0.352 e. The van der Waals surface area contributed by atoms with Gasteiger partial charge in [0.05, 0.1) is 20.6 Å². The quantitative estimate of drug-likeness (QED) is 0.159. The van der Waals surface area contributed by atoms with Crippen LogP contribution < -0.4 is 9.62 Å². The van der Waals surface area contributed by atoms with Gasteiger partial charge in [-0.15, -0.1) is 0 Å². The van der Waals surface area contributed by atoms with E-state index in [-0.39, 0.29) is 45.5 Å². The van der Waals surface area contributed by atoms with Crippen molar-refractivity contribution in [1.29, 1.82) is 0 Å². The average Bonchev–Trinajstić information content (AvgIpc) is 3.03. The third-order valence-corrected chi connectivity index (χ3v) is 10.1. The third kappa shape index (κ3) is 9.01. The molecule has 0 aromatic heterocycles. The van der Waals surface area contributed by atoms with Crippen molar-refractivity contribution in [3.05, 3.63) is 129 Å². The zero-order chi connectivity index (χ0) is 32.6. The highest BCUT2D eigenvalue weighted by Crippen LogP contribution is 2.31. The van der Waals surface area contributed by atoms with Gasteiger partial charge in [0.2, 0.25) is 11.8 Å². The van der Waals surface area contributed by atoms with Crippen molar-refractivity contribution in [2.75, 3.05) is 10.8 Å². The first kappa shape index (κ1) is 34.3. The molecule has 1 N–H and O–H groups in total. The van der Waals surface area contributed by atoms with E-state index in [4.69, 9.17) is 34.8 Å². The molecule has 2 unspecified atom stereocenters. The highest BCUT2D eigenvalue weighted by atomic mass is 35.5. The van der Waals surface area contributed by atoms with E-state index >= 15 is 0 Å². The van der Waals surface area contributed by atoms with E-state index < -0.39 is 28.5 Å². The monoisotopic (exact) mass is 685 g/mol. The molecule has 236 valence electrons. The molecule has 0 spiro atoms. The van der Waals surface area contributed by atoms with Crippen LogP contribution in [0.25, 0.3) is 0 Å². The minimum atomic E-state index is -4.26. The van der Waals surface area contributed by atoms with Crippen molar-refractivity contribution in [2.24, 2.45) is 0 Å². The van der Waals surface area contributed by atoms with Crippen LogP contribution in [0.4, 0.5) is 5.69 Å². The van der Waals surface area contributed by atoms with Gasteiger partial charge in [-0.2, -0.15) is 0 Å². The van der Waals surface area contributed by atoms with E-state index in [1.165, 1.54) is 35.2 Å². The van der Waals surface area contributed by atoms with Crippen molar-refractivity contribution in [2.45, 2.75) is 50.2 Å². The van der Waals surface area contributed by atoms with Crippen LogP contribution in [0, 0.1) is 0 Å². The summed E-state index contributed by atoms with van der Waals surface area (Å²) < 4.78 is 29.1. The first-order chi connectivity index (χ1) is 21.5. The van der Waals surface area contributed by atoms with E-state index in [1.54, 1.807) is 42.5 Å². The lowest BCUT2D eigenvalue weighted by molar-refractivity contribution is -0.140. The van der Waals surface area contributed by atoms with Gasteiger partial charge in [-0.3, -0.25) is 13.9 Å². The maximum absolute atomic E-state index is 14.5. The van der Waals surface area contributed by atoms with Crippen LogP contribution in [0.2, 0.25) is 15.1 Å². The molecule has 2 atom stereocenters. The lowest BCUT2D eigenvalue weighted by Gasteiger charge is -2.34. The van der Waals surface area contributed by atoms with Gasteiger partial charge in [0, 0.05) is 24.0 Å². The molecule has 0 bridgehead atoms. The van der Waals surface area contributed by atoms with Crippen LogP contribution in [0.3, 0.4) is 0 Å². The molecule has 11 heteroatoms. The van der Waals surface area contributed by atoms with Gasteiger partial charge in [0.1, 0.15) is 12.6 Å². The number of benzene rings is 4. The maximum Gasteiger partial charge on any atom is 0.264 e. The second-order valence-electron chi connectivity index (χ2n) is 10.6. The van der Waals surface area contributed by atoms with Crippen molar-refractivity contribution in [3.8, 4) is 0 Å². The summed E-state index contributed by atoms with van der Waals surface area (Å²) >= 11 is 18.8. The molecular weight excluding hydrogens is 653 g/mol. The lowest BCUT2D eigenvalue weighted by atomic mass is 10.0. The SMILES string of the molecule is CCC(C)NC(=O)C(Cc1ccccc1)N(Cc1cccc(Cl)c1)C(=O)CN(c1ccc(Cl)c(Cl)c1)S(=O)(=O)c1ccccc1. The molecule has 4 aromatic carbocycles. The zero-order valence-electron chi connectivity index (χ0n) is 24.9. The van der Waals surface area contributed by atoms with Crippen molar-refractivity contribution in [1.82, 2.24) is 10.2 Å². The predicted octanol–water partition coefficient (Wildman–Crippen LogP) is 7.40. The summed E-state index contributed by atoms with van der Waals surface area (Å²) in [6.45, 7) is 3.23. The van der Waals surface area contributed by atoms with E-state index in [1.807, 2.05) is 44.2 Å². The van der Waals surface area contributed by atoms with Crippen LogP contribution in [0.5, 0.6) is 0 Å². The second-order valence-corrected chi connectivity index (χ2v) is 13.7. The zero-order valence-corrected chi connectivity index (χ0v) is 28.0. The number of amides is 2. The van der Waals surface area contributed by atoms with Crippen LogP contribution in [-0.2, 0) is 32.6 Å². The molecule has 0 aliphatic rings. The normalized spacial score (nSPS) is 12.6. The molecule has 2 amide bonds. The Morgan fingerprint density at radius 3 is 2.07 bits per heavy atom. The van der Waals surface area contributed by atoms with Gasteiger partial charge in [-0.1, -0.05) is 102 Å². The Morgan fingerprint density at radius 2 is 1.44 bits per heavy atom. The molecule has 7 nitrogen and oxygen atoms in total. The van der Waals surface area contributed by atoms with Gasteiger partial charge in [-0.05, 0) is 66.9 Å². The number of halogens is 3. The third-order valence-electron chi connectivity index (χ3n) is 7.32. The van der Waals surface area contributed by atoms with Crippen molar-refractivity contribution >= 4 is 62.3 Å². The fourth-order valence-corrected chi connectivity index (χ4v) is 6.65. The van der Waals surface area contributed by atoms with E-state index in [9.17, 15) is 18.0 Å². The largest absolute Gasteiger partial charge is 0.352 e. The van der Waals surface area contributed by atoms with E-state index in [0.29, 0.717) is 17.0 Å². The van der Waals surface area contributed by atoms with Crippen molar-refractivity contribution < 1.29 is 18.0 Å². The van der Waals surface area contributed by atoms with Gasteiger partial charge in [-0.25, -0.2) is 8.42 Å². The standard InChI is InChI=1S/C34H34Cl3N3O4S/c1-3-24(2)38-34(42)32(20-25-11-6-4-7-12-25)39(22-26-13-10-14-27(35)19-26)33(41)23-40(28-17-18-30(36)31(37)21-28)45(43,44)29-15-8-5-9-16-29/h4-19,21,24,32H,3,20,22-23H2,1-2H3,(H,38,42). The molecule has 0 saturated carbocycles. The minimum absolute atomic E-state index is 0.00538. The number of hydrogen-bond donors (Lipinski definition) is 1. The smallest absolute Gasteiger partial charge is 0.264 e. The van der Waals surface area contributed by atoms with Crippen molar-refractivity contribution in [3.63, 3.8) is 0 Å². The summed E-state index contributed by atoms with van der Waals surface area (Å²) in [5.41, 5.74) is 1.66. The Labute approximate surface area is 279 Å². The number of anilines is 1. The first-order valence-electron chi connectivity index (χ1n) is 14.4. The number of hydrogen-bond acceptors (Lipinski definition) is 4. The summed E-state index contributed by atoms with van der Waals surface area (Å²) in [5.74, 6) is -0.948. The molecule has 0 aliphatic carbocycles. The van der Waals surface area contributed by atoms with Gasteiger partial charge in [0.15, 0.2) is 0 Å². The molecule has 4 rings (SSSR count). The summed E-state index contributed by atoms with van der Waals surface area (Å²) in [5, 5.41) is 3.84. The number of nitrogens with zero attached hydrogens (tertiary/aromatic N) is 2. The Morgan fingerprint density at radius 1 is 0.800 bits per heavy atom. The van der Waals surface area contributed by atoms with E-state index in [2.05, 4.69) is 5.32 Å². The first-order valence-corrected chi connectivity index (χ1v) is 17.0. The molecule has 0 aliphatic heterocycles. The highest BCUT2D eigenvalue weighted by molar-refractivity contribution is 7.92. The molecule has 0 radical (unpaired) electrons. The fraction of sp³-hybridized carbons (Fsp3) is 0.235. The second kappa shape index (κ2) is 15.6. The van der Waals surface area contributed by atoms with Gasteiger partial charge in [0.25, 0.3) is 10.0 Å². The number of rotatable bonds is 13. The summed E-state index contributed by atoms with van der Waals surface area (Å²) in [7, 11) is -4.26. The van der Waals surface area contributed by atoms with Crippen LogP contribution in [0.1, 0.15) is 31.4 Å². The van der Waals surface area contributed by atoms with Gasteiger partial charge >= 0.3 is 0 Å². The Hall–Kier alpha value is -3.56. The summed E-state index contributed by atoms with van der Waals surface area (Å²) in [4.78, 5) is 29.8.